The van der Waals surface area contributed by atoms with Crippen molar-refractivity contribution in [3.05, 3.63) is 63.9 Å². The van der Waals surface area contributed by atoms with Gasteiger partial charge in [0.25, 0.3) is 0 Å². The van der Waals surface area contributed by atoms with E-state index in [1.165, 1.54) is 17.7 Å². The summed E-state index contributed by atoms with van der Waals surface area (Å²) in [6.45, 7) is 2.34. The molecule has 0 fully saturated rings. The van der Waals surface area contributed by atoms with Crippen molar-refractivity contribution in [2.45, 2.75) is 13.5 Å². The zero-order valence-corrected chi connectivity index (χ0v) is 12.6. The third-order valence-corrected chi connectivity index (χ3v) is 3.14. The lowest BCUT2D eigenvalue weighted by Gasteiger charge is -2.06. The highest BCUT2D eigenvalue weighted by molar-refractivity contribution is 9.10. The molecular formula is C15H15BrFN3. The molecule has 0 saturated heterocycles. The van der Waals surface area contributed by atoms with Gasteiger partial charge in [0.05, 0.1) is 6.54 Å². The number of nitrogens with two attached hydrogens (primary N) is 1. The molecule has 0 radical (unpaired) electrons. The number of rotatable bonds is 3. The molecule has 0 spiro atoms. The summed E-state index contributed by atoms with van der Waals surface area (Å²) in [7, 11) is 0. The number of benzene rings is 2. The van der Waals surface area contributed by atoms with Crippen molar-refractivity contribution in [1.82, 2.24) is 0 Å². The Bertz CT molecular complexity index is 603. The van der Waals surface area contributed by atoms with E-state index in [1.54, 1.807) is 0 Å². The third-order valence-electron chi connectivity index (χ3n) is 2.68. The zero-order chi connectivity index (χ0) is 14.5. The summed E-state index contributed by atoms with van der Waals surface area (Å²) in [6.07, 6.45) is 0. The molecule has 0 heterocycles. The van der Waals surface area contributed by atoms with Gasteiger partial charge in [-0.05, 0) is 42.8 Å². The van der Waals surface area contributed by atoms with Gasteiger partial charge in [-0.2, -0.15) is 0 Å². The predicted octanol–water partition coefficient (Wildman–Crippen LogP) is 3.82. The second kappa shape index (κ2) is 6.52. The highest BCUT2D eigenvalue weighted by Gasteiger charge is 1.99. The fraction of sp³-hybridized carbons (Fsp3) is 0.133. The van der Waals surface area contributed by atoms with Crippen LogP contribution in [0, 0.1) is 12.7 Å². The standard InChI is InChI=1S/C15H15BrFN3/c1-10-2-4-14(5-3-10)20-15(18)19-9-11-6-12(16)8-13(17)7-11/h2-8H,9H2,1H3,(H3,18,19,20). The molecule has 0 aliphatic heterocycles. The van der Waals surface area contributed by atoms with Gasteiger partial charge in [0.2, 0.25) is 0 Å². The second-order valence-corrected chi connectivity index (χ2v) is 5.39. The summed E-state index contributed by atoms with van der Waals surface area (Å²) in [6, 6.07) is 12.5. The Labute approximate surface area is 125 Å². The highest BCUT2D eigenvalue weighted by atomic mass is 79.9. The van der Waals surface area contributed by atoms with Crippen LogP contribution in [0.5, 0.6) is 0 Å². The van der Waals surface area contributed by atoms with E-state index in [9.17, 15) is 4.39 Å². The number of nitrogens with zero attached hydrogens (tertiary/aromatic N) is 1. The number of hydrogen-bond donors (Lipinski definition) is 2. The van der Waals surface area contributed by atoms with Crippen molar-refractivity contribution in [3.8, 4) is 0 Å². The number of hydrogen-bond acceptors (Lipinski definition) is 1. The number of anilines is 1. The first-order valence-electron chi connectivity index (χ1n) is 6.11. The molecule has 0 amide bonds. The first-order valence-corrected chi connectivity index (χ1v) is 6.91. The number of halogens is 2. The Morgan fingerprint density at radius 3 is 2.60 bits per heavy atom. The number of aliphatic imine (C=N–C) groups is 1. The van der Waals surface area contributed by atoms with Crippen LogP contribution in [-0.4, -0.2) is 5.96 Å². The first kappa shape index (κ1) is 14.5. The van der Waals surface area contributed by atoms with Gasteiger partial charge in [0.1, 0.15) is 5.82 Å². The van der Waals surface area contributed by atoms with Crippen molar-refractivity contribution >= 4 is 27.6 Å². The smallest absolute Gasteiger partial charge is 0.193 e. The van der Waals surface area contributed by atoms with Crippen molar-refractivity contribution in [1.29, 1.82) is 0 Å². The Kier molecular flexibility index (Phi) is 4.74. The molecular weight excluding hydrogens is 321 g/mol. The average molecular weight is 336 g/mol. The van der Waals surface area contributed by atoms with Crippen molar-refractivity contribution in [3.63, 3.8) is 0 Å². The molecule has 0 atom stereocenters. The van der Waals surface area contributed by atoms with Crippen LogP contribution in [0.1, 0.15) is 11.1 Å². The molecule has 0 saturated carbocycles. The van der Waals surface area contributed by atoms with E-state index < -0.39 is 0 Å². The van der Waals surface area contributed by atoms with Gasteiger partial charge in [-0.1, -0.05) is 33.6 Å². The minimum Gasteiger partial charge on any atom is -0.370 e. The van der Waals surface area contributed by atoms with E-state index in [4.69, 9.17) is 5.73 Å². The molecule has 0 bridgehead atoms. The Balaban J connectivity index is 2.01. The second-order valence-electron chi connectivity index (χ2n) is 4.47. The van der Waals surface area contributed by atoms with E-state index in [-0.39, 0.29) is 5.82 Å². The molecule has 0 aliphatic carbocycles. The lowest BCUT2D eigenvalue weighted by Crippen LogP contribution is -2.22. The molecule has 3 N–H and O–H groups in total. The monoisotopic (exact) mass is 335 g/mol. The molecule has 0 unspecified atom stereocenters. The number of aryl methyl sites for hydroxylation is 1. The van der Waals surface area contributed by atoms with Crippen LogP contribution in [0.15, 0.2) is 51.9 Å². The van der Waals surface area contributed by atoms with Gasteiger partial charge in [-0.3, -0.25) is 0 Å². The molecule has 20 heavy (non-hydrogen) atoms. The molecule has 104 valence electrons. The Hall–Kier alpha value is -1.88. The summed E-state index contributed by atoms with van der Waals surface area (Å²) >= 11 is 3.25. The average Bonchev–Trinajstić information content (AvgIpc) is 2.38. The van der Waals surface area contributed by atoms with E-state index in [0.717, 1.165) is 11.3 Å². The summed E-state index contributed by atoms with van der Waals surface area (Å²) in [4.78, 5) is 4.19. The maximum absolute atomic E-state index is 13.2. The molecule has 2 aromatic carbocycles. The highest BCUT2D eigenvalue weighted by Crippen LogP contribution is 2.15. The van der Waals surface area contributed by atoms with Crippen LogP contribution >= 0.6 is 15.9 Å². The predicted molar refractivity (Wildman–Crippen MR) is 84.2 cm³/mol. The van der Waals surface area contributed by atoms with Gasteiger partial charge in [-0.25, -0.2) is 9.38 Å². The maximum atomic E-state index is 13.2. The van der Waals surface area contributed by atoms with Gasteiger partial charge in [0, 0.05) is 10.2 Å². The molecule has 2 aromatic rings. The van der Waals surface area contributed by atoms with Crippen LogP contribution in [0.4, 0.5) is 10.1 Å². The fourth-order valence-electron chi connectivity index (χ4n) is 1.70. The lowest BCUT2D eigenvalue weighted by atomic mass is 10.2. The SMILES string of the molecule is Cc1ccc(NC(N)=NCc2cc(F)cc(Br)c2)cc1. The first-order chi connectivity index (χ1) is 9.52. The summed E-state index contributed by atoms with van der Waals surface area (Å²) < 4.78 is 13.9. The summed E-state index contributed by atoms with van der Waals surface area (Å²) in [5.41, 5.74) is 8.61. The minimum atomic E-state index is -0.297. The molecule has 0 aliphatic rings. The fourth-order valence-corrected chi connectivity index (χ4v) is 2.22. The largest absolute Gasteiger partial charge is 0.370 e. The third kappa shape index (κ3) is 4.35. The molecule has 3 nitrogen and oxygen atoms in total. The van der Waals surface area contributed by atoms with Gasteiger partial charge in [0.15, 0.2) is 5.96 Å². The van der Waals surface area contributed by atoms with Crippen LogP contribution < -0.4 is 11.1 Å². The lowest BCUT2D eigenvalue weighted by molar-refractivity contribution is 0.624. The maximum Gasteiger partial charge on any atom is 0.193 e. The van der Waals surface area contributed by atoms with Gasteiger partial charge >= 0.3 is 0 Å². The van der Waals surface area contributed by atoms with Gasteiger partial charge < -0.3 is 11.1 Å². The van der Waals surface area contributed by atoms with Crippen LogP contribution in [0.3, 0.4) is 0 Å². The molecule has 0 aromatic heterocycles. The van der Waals surface area contributed by atoms with Crippen LogP contribution in [0.25, 0.3) is 0 Å². The summed E-state index contributed by atoms with van der Waals surface area (Å²) in [5, 5.41) is 2.99. The normalized spacial score (nSPS) is 11.4. The summed E-state index contributed by atoms with van der Waals surface area (Å²) in [5.74, 6) is 0.00359. The minimum absolute atomic E-state index is 0.297. The topological polar surface area (TPSA) is 50.4 Å². The molecule has 2 rings (SSSR count). The number of nitrogens with one attached hydrogen (secondary N) is 1. The Morgan fingerprint density at radius 2 is 1.95 bits per heavy atom. The van der Waals surface area contributed by atoms with Gasteiger partial charge in [-0.15, -0.1) is 0 Å². The van der Waals surface area contributed by atoms with E-state index in [2.05, 4.69) is 26.2 Å². The van der Waals surface area contributed by atoms with Crippen molar-refractivity contribution in [2.75, 3.05) is 5.32 Å². The van der Waals surface area contributed by atoms with E-state index in [1.807, 2.05) is 37.3 Å². The van der Waals surface area contributed by atoms with Crippen molar-refractivity contribution in [2.24, 2.45) is 10.7 Å². The van der Waals surface area contributed by atoms with Crippen molar-refractivity contribution < 1.29 is 4.39 Å². The Morgan fingerprint density at radius 1 is 1.25 bits per heavy atom. The van der Waals surface area contributed by atoms with E-state index in [0.29, 0.717) is 17.0 Å². The van der Waals surface area contributed by atoms with Crippen LogP contribution in [0.2, 0.25) is 0 Å². The van der Waals surface area contributed by atoms with E-state index >= 15 is 0 Å². The quantitative estimate of drug-likeness (QED) is 0.661. The molecule has 5 heteroatoms. The number of guanidine groups is 1. The van der Waals surface area contributed by atoms with Crippen LogP contribution in [-0.2, 0) is 6.54 Å². The zero-order valence-electron chi connectivity index (χ0n) is 11.0.